The van der Waals surface area contributed by atoms with E-state index in [-0.39, 0.29) is 12.5 Å². The molecule has 7 heteroatoms. The van der Waals surface area contributed by atoms with Crippen molar-refractivity contribution in [2.45, 2.75) is 6.61 Å². The van der Waals surface area contributed by atoms with E-state index in [1.807, 2.05) is 6.07 Å². The molecule has 2 aromatic heterocycles. The number of hydrogen-bond donors (Lipinski definition) is 1. The molecule has 1 N–H and O–H groups in total. The van der Waals surface area contributed by atoms with Crippen LogP contribution in [0, 0.1) is 0 Å². The molecule has 0 saturated heterocycles. The summed E-state index contributed by atoms with van der Waals surface area (Å²) in [6.45, 7) is 0.247. The first-order valence-electron chi connectivity index (χ1n) is 8.89. The lowest BCUT2D eigenvalue weighted by atomic mass is 10.2. The van der Waals surface area contributed by atoms with Gasteiger partial charge >= 0.3 is 0 Å². The van der Waals surface area contributed by atoms with Crippen LogP contribution in [-0.2, 0) is 6.61 Å². The third-order valence-corrected chi connectivity index (χ3v) is 4.17. The van der Waals surface area contributed by atoms with Crippen LogP contribution in [-0.4, -0.2) is 18.2 Å². The predicted octanol–water partition coefficient (Wildman–Crippen LogP) is 4.77. The quantitative estimate of drug-likeness (QED) is 0.489. The van der Waals surface area contributed by atoms with E-state index in [2.05, 4.69) is 10.5 Å². The first-order chi connectivity index (χ1) is 14.2. The van der Waals surface area contributed by atoms with Crippen LogP contribution in [0.3, 0.4) is 0 Å². The van der Waals surface area contributed by atoms with Gasteiger partial charge in [0.2, 0.25) is 5.76 Å². The number of furan rings is 1. The average molecular weight is 390 g/mol. The van der Waals surface area contributed by atoms with Crippen molar-refractivity contribution in [2.75, 3.05) is 12.4 Å². The maximum atomic E-state index is 12.4. The number of rotatable bonds is 7. The Morgan fingerprint density at radius 1 is 1.03 bits per heavy atom. The van der Waals surface area contributed by atoms with Crippen molar-refractivity contribution >= 4 is 11.6 Å². The van der Waals surface area contributed by atoms with E-state index in [1.165, 1.54) is 7.11 Å². The van der Waals surface area contributed by atoms with E-state index in [0.717, 1.165) is 0 Å². The van der Waals surface area contributed by atoms with Gasteiger partial charge in [0.25, 0.3) is 5.91 Å². The van der Waals surface area contributed by atoms with Gasteiger partial charge in [0.15, 0.2) is 5.76 Å². The number of nitrogens with one attached hydrogen (secondary N) is 1. The molecule has 29 heavy (non-hydrogen) atoms. The fourth-order valence-corrected chi connectivity index (χ4v) is 2.74. The van der Waals surface area contributed by atoms with Crippen molar-refractivity contribution in [3.05, 3.63) is 84.3 Å². The smallest absolute Gasteiger partial charge is 0.259 e. The van der Waals surface area contributed by atoms with Crippen molar-refractivity contribution in [1.82, 2.24) is 5.16 Å². The molecule has 0 aliphatic rings. The molecule has 0 bridgehead atoms. The van der Waals surface area contributed by atoms with Gasteiger partial charge in [-0.05, 0) is 48.5 Å². The highest BCUT2D eigenvalue weighted by Gasteiger charge is 2.12. The fourth-order valence-electron chi connectivity index (χ4n) is 2.74. The Morgan fingerprint density at radius 2 is 1.86 bits per heavy atom. The summed E-state index contributed by atoms with van der Waals surface area (Å²) in [4.78, 5) is 12.4. The number of carbonyl (C=O) groups is 1. The molecule has 0 fully saturated rings. The van der Waals surface area contributed by atoms with E-state index in [1.54, 1.807) is 66.9 Å². The Morgan fingerprint density at radius 3 is 2.62 bits per heavy atom. The molecule has 0 atom stereocenters. The van der Waals surface area contributed by atoms with Crippen molar-refractivity contribution in [1.29, 1.82) is 0 Å². The number of nitrogens with zero attached hydrogens (tertiary/aromatic N) is 1. The Labute approximate surface area is 166 Å². The second-order valence-electron chi connectivity index (χ2n) is 6.13. The summed E-state index contributed by atoms with van der Waals surface area (Å²) in [5, 5.41) is 6.81. The Balaban J connectivity index is 1.35. The van der Waals surface area contributed by atoms with E-state index in [9.17, 15) is 4.79 Å². The van der Waals surface area contributed by atoms with Gasteiger partial charge in [-0.3, -0.25) is 4.79 Å². The van der Waals surface area contributed by atoms with Crippen molar-refractivity contribution in [3.8, 4) is 23.0 Å². The number of anilines is 1. The number of benzene rings is 2. The van der Waals surface area contributed by atoms with Crippen molar-refractivity contribution < 1.29 is 23.2 Å². The van der Waals surface area contributed by atoms with Crippen LogP contribution in [0.25, 0.3) is 11.5 Å². The molecule has 0 saturated carbocycles. The minimum Gasteiger partial charge on any atom is -0.496 e. The maximum Gasteiger partial charge on any atom is 0.259 e. The van der Waals surface area contributed by atoms with Gasteiger partial charge in [-0.15, -0.1) is 0 Å². The molecule has 0 radical (unpaired) electrons. The zero-order chi connectivity index (χ0) is 20.1. The normalized spacial score (nSPS) is 10.5. The molecule has 4 rings (SSSR count). The summed E-state index contributed by atoms with van der Waals surface area (Å²) in [7, 11) is 1.53. The number of para-hydroxylation sites is 1. The van der Waals surface area contributed by atoms with Gasteiger partial charge in [0, 0.05) is 11.8 Å². The number of amides is 1. The van der Waals surface area contributed by atoms with Gasteiger partial charge in [0.05, 0.1) is 18.9 Å². The third-order valence-electron chi connectivity index (χ3n) is 4.17. The number of methoxy groups -OCH3 is 1. The van der Waals surface area contributed by atoms with E-state index in [0.29, 0.717) is 40.0 Å². The summed E-state index contributed by atoms with van der Waals surface area (Å²) < 4.78 is 21.5. The molecule has 0 spiro atoms. The molecule has 146 valence electrons. The number of hydrogen-bond acceptors (Lipinski definition) is 6. The highest BCUT2D eigenvalue weighted by Crippen LogP contribution is 2.23. The monoisotopic (exact) mass is 390 g/mol. The van der Waals surface area contributed by atoms with E-state index in [4.69, 9.17) is 18.4 Å². The second kappa shape index (κ2) is 8.35. The number of carbonyl (C=O) groups excluding carboxylic acids is 1. The van der Waals surface area contributed by atoms with Gasteiger partial charge in [0.1, 0.15) is 23.8 Å². The highest BCUT2D eigenvalue weighted by atomic mass is 16.5. The molecule has 0 aliphatic heterocycles. The summed E-state index contributed by atoms with van der Waals surface area (Å²) in [6.07, 6.45) is 1.57. The summed E-state index contributed by atoms with van der Waals surface area (Å²) in [5.74, 6) is 2.07. The molecule has 7 nitrogen and oxygen atoms in total. The SMILES string of the molecule is COc1ccccc1C(=O)Nc1ccc(OCc2cc(-c3ccco3)on2)cc1. The van der Waals surface area contributed by atoms with Crippen LogP contribution < -0.4 is 14.8 Å². The van der Waals surface area contributed by atoms with Gasteiger partial charge in [-0.25, -0.2) is 0 Å². The number of aromatic nitrogens is 1. The Kier molecular flexibility index (Phi) is 5.29. The minimum absolute atomic E-state index is 0.246. The average Bonchev–Trinajstić information content (AvgIpc) is 3.45. The molecule has 2 aromatic carbocycles. The first kappa shape index (κ1) is 18.4. The van der Waals surface area contributed by atoms with Gasteiger partial charge < -0.3 is 23.7 Å². The van der Waals surface area contributed by atoms with Crippen LogP contribution in [0.1, 0.15) is 16.1 Å². The summed E-state index contributed by atoms with van der Waals surface area (Å²) >= 11 is 0. The zero-order valence-electron chi connectivity index (χ0n) is 15.6. The third kappa shape index (κ3) is 4.30. The molecular weight excluding hydrogens is 372 g/mol. The Bertz CT molecular complexity index is 1080. The van der Waals surface area contributed by atoms with Crippen LogP contribution in [0.4, 0.5) is 5.69 Å². The lowest BCUT2D eigenvalue weighted by Gasteiger charge is -2.10. The fraction of sp³-hybridized carbons (Fsp3) is 0.0909. The molecule has 2 heterocycles. The largest absolute Gasteiger partial charge is 0.496 e. The summed E-state index contributed by atoms with van der Waals surface area (Å²) in [6, 6.07) is 19.5. The highest BCUT2D eigenvalue weighted by molar-refractivity contribution is 6.06. The lowest BCUT2D eigenvalue weighted by Crippen LogP contribution is -2.13. The lowest BCUT2D eigenvalue weighted by molar-refractivity contribution is 0.102. The predicted molar refractivity (Wildman–Crippen MR) is 106 cm³/mol. The van der Waals surface area contributed by atoms with Crippen LogP contribution in [0.15, 0.2) is 81.9 Å². The topological polar surface area (TPSA) is 86.7 Å². The molecular formula is C22H18N2O5. The second-order valence-corrected chi connectivity index (χ2v) is 6.13. The first-order valence-corrected chi connectivity index (χ1v) is 8.89. The van der Waals surface area contributed by atoms with E-state index < -0.39 is 0 Å². The van der Waals surface area contributed by atoms with Gasteiger partial charge in [-0.1, -0.05) is 17.3 Å². The van der Waals surface area contributed by atoms with Gasteiger partial charge in [-0.2, -0.15) is 0 Å². The standard InChI is InChI=1S/C22H18N2O5/c1-26-19-6-3-2-5-18(19)22(25)23-15-8-10-17(11-9-15)28-14-16-13-21(29-24-16)20-7-4-12-27-20/h2-13H,14H2,1H3,(H,23,25). The molecule has 0 aliphatic carbocycles. The number of ether oxygens (including phenoxy) is 2. The summed E-state index contributed by atoms with van der Waals surface area (Å²) in [5.41, 5.74) is 1.76. The van der Waals surface area contributed by atoms with Crippen LogP contribution in [0.2, 0.25) is 0 Å². The molecule has 0 unspecified atom stereocenters. The zero-order valence-corrected chi connectivity index (χ0v) is 15.6. The van der Waals surface area contributed by atoms with Crippen LogP contribution >= 0.6 is 0 Å². The van der Waals surface area contributed by atoms with E-state index >= 15 is 0 Å². The molecule has 1 amide bonds. The van der Waals surface area contributed by atoms with Crippen molar-refractivity contribution in [3.63, 3.8) is 0 Å². The molecule has 4 aromatic rings. The minimum atomic E-state index is -0.246. The van der Waals surface area contributed by atoms with Crippen molar-refractivity contribution in [2.24, 2.45) is 0 Å². The Hall–Kier alpha value is -4.00. The maximum absolute atomic E-state index is 12.4. The van der Waals surface area contributed by atoms with Crippen LogP contribution in [0.5, 0.6) is 11.5 Å².